The van der Waals surface area contributed by atoms with Gasteiger partial charge in [0.15, 0.2) is 0 Å². The summed E-state index contributed by atoms with van der Waals surface area (Å²) in [5.74, 6) is -2.11. The summed E-state index contributed by atoms with van der Waals surface area (Å²) in [4.78, 5) is 34.6. The van der Waals surface area contributed by atoms with Gasteiger partial charge in [-0.25, -0.2) is 0 Å². The molecular formula is C12H7ClNO4S-. The molecule has 0 atom stereocenters. The second-order valence-corrected chi connectivity index (χ2v) is 5.12. The van der Waals surface area contributed by atoms with Crippen LogP contribution in [-0.2, 0) is 9.59 Å². The Hall–Kier alpha value is -1.79. The molecule has 1 aliphatic heterocycles. The first-order chi connectivity index (χ1) is 8.97. The maximum absolute atomic E-state index is 11.8. The van der Waals surface area contributed by atoms with Crippen LogP contribution in [0.15, 0.2) is 29.2 Å². The second-order valence-electron chi connectivity index (χ2n) is 3.69. The standard InChI is InChI=1S/C12H8ClNO4S/c13-8-3-1-7(2-4-8)5-9-11(17)14(6-10(15)16)12(18)19-9/h1-5H,6H2,(H,15,16)/p-1/b9-5+. The van der Waals surface area contributed by atoms with Gasteiger partial charge in [0.05, 0.1) is 17.4 Å². The second kappa shape index (κ2) is 5.46. The Kier molecular flexibility index (Phi) is 3.92. The lowest BCUT2D eigenvalue weighted by Gasteiger charge is -2.12. The van der Waals surface area contributed by atoms with Crippen molar-refractivity contribution in [1.82, 2.24) is 4.90 Å². The fourth-order valence-corrected chi connectivity index (χ4v) is 2.44. The van der Waals surface area contributed by atoms with E-state index in [1.54, 1.807) is 24.3 Å². The minimum absolute atomic E-state index is 0.175. The lowest BCUT2D eigenvalue weighted by molar-refractivity contribution is -0.305. The quantitative estimate of drug-likeness (QED) is 0.781. The molecule has 5 nitrogen and oxygen atoms in total. The zero-order valence-electron chi connectivity index (χ0n) is 9.46. The highest BCUT2D eigenvalue weighted by Crippen LogP contribution is 2.31. The van der Waals surface area contributed by atoms with E-state index in [2.05, 4.69) is 0 Å². The molecule has 0 radical (unpaired) electrons. The number of imide groups is 1. The third-order valence-corrected chi connectivity index (χ3v) is 3.49. The minimum Gasteiger partial charge on any atom is -0.548 e. The molecule has 1 heterocycles. The van der Waals surface area contributed by atoms with Crippen LogP contribution in [-0.4, -0.2) is 28.6 Å². The number of hydrogen-bond donors (Lipinski definition) is 0. The summed E-state index contributed by atoms with van der Waals surface area (Å²) >= 11 is 6.43. The van der Waals surface area contributed by atoms with Gasteiger partial charge in [-0.3, -0.25) is 14.5 Å². The first-order valence-corrected chi connectivity index (χ1v) is 6.37. The summed E-state index contributed by atoms with van der Waals surface area (Å²) in [6.45, 7) is -0.734. The third-order valence-electron chi connectivity index (χ3n) is 2.33. The number of carbonyl (C=O) groups excluding carboxylic acids is 3. The summed E-state index contributed by atoms with van der Waals surface area (Å²) < 4.78 is 0. The zero-order valence-corrected chi connectivity index (χ0v) is 11.0. The Morgan fingerprint density at radius 2 is 1.95 bits per heavy atom. The first-order valence-electron chi connectivity index (χ1n) is 5.18. The fraction of sp³-hybridized carbons (Fsp3) is 0.0833. The number of thioether (sulfide) groups is 1. The summed E-state index contributed by atoms with van der Waals surface area (Å²) in [6, 6.07) is 6.68. The van der Waals surface area contributed by atoms with Gasteiger partial charge in [0, 0.05) is 5.02 Å². The van der Waals surface area contributed by atoms with Crippen molar-refractivity contribution in [1.29, 1.82) is 0 Å². The number of carboxylic acids is 1. The molecule has 1 aromatic rings. The van der Waals surface area contributed by atoms with E-state index in [1.807, 2.05) is 0 Å². The molecule has 98 valence electrons. The Morgan fingerprint density at radius 3 is 2.53 bits per heavy atom. The molecule has 2 rings (SSSR count). The zero-order chi connectivity index (χ0) is 14.0. The van der Waals surface area contributed by atoms with Crippen molar-refractivity contribution < 1.29 is 19.5 Å². The van der Waals surface area contributed by atoms with Gasteiger partial charge >= 0.3 is 0 Å². The average Bonchev–Trinajstić information content (AvgIpc) is 2.60. The average molecular weight is 297 g/mol. The van der Waals surface area contributed by atoms with Gasteiger partial charge < -0.3 is 9.90 Å². The van der Waals surface area contributed by atoms with Crippen LogP contribution in [0.3, 0.4) is 0 Å². The molecule has 0 unspecified atom stereocenters. The van der Waals surface area contributed by atoms with Crippen LogP contribution in [0.4, 0.5) is 4.79 Å². The normalized spacial score (nSPS) is 17.3. The van der Waals surface area contributed by atoms with Gasteiger partial charge in [0.2, 0.25) is 0 Å². The number of hydrogen-bond acceptors (Lipinski definition) is 5. The Balaban J connectivity index is 2.23. The molecule has 1 fully saturated rings. The first kappa shape index (κ1) is 13.6. The van der Waals surface area contributed by atoms with Gasteiger partial charge in [-0.15, -0.1) is 0 Å². The Bertz CT molecular complexity index is 582. The molecule has 2 amide bonds. The molecule has 0 bridgehead atoms. The van der Waals surface area contributed by atoms with Crippen LogP contribution >= 0.6 is 23.4 Å². The van der Waals surface area contributed by atoms with Crippen molar-refractivity contribution in [2.75, 3.05) is 6.54 Å². The van der Waals surface area contributed by atoms with Crippen LogP contribution in [0.5, 0.6) is 0 Å². The van der Waals surface area contributed by atoms with Crippen molar-refractivity contribution in [3.63, 3.8) is 0 Å². The molecule has 19 heavy (non-hydrogen) atoms. The van der Waals surface area contributed by atoms with E-state index in [9.17, 15) is 19.5 Å². The van der Waals surface area contributed by atoms with E-state index < -0.39 is 23.7 Å². The molecule has 1 saturated heterocycles. The number of carbonyl (C=O) groups is 3. The van der Waals surface area contributed by atoms with E-state index in [0.29, 0.717) is 27.2 Å². The molecular weight excluding hydrogens is 290 g/mol. The van der Waals surface area contributed by atoms with Crippen LogP contribution < -0.4 is 5.11 Å². The van der Waals surface area contributed by atoms with Crippen LogP contribution in [0, 0.1) is 0 Å². The van der Waals surface area contributed by atoms with E-state index in [1.165, 1.54) is 6.08 Å². The smallest absolute Gasteiger partial charge is 0.293 e. The highest BCUT2D eigenvalue weighted by atomic mass is 35.5. The molecule has 0 N–H and O–H groups in total. The number of halogens is 1. The number of benzene rings is 1. The van der Waals surface area contributed by atoms with Gasteiger partial charge in [-0.1, -0.05) is 23.7 Å². The number of carboxylic acid groups (broad SMARTS) is 1. The van der Waals surface area contributed by atoms with Crippen molar-refractivity contribution >= 4 is 46.6 Å². The summed E-state index contributed by atoms with van der Waals surface area (Å²) in [7, 11) is 0. The molecule has 0 aliphatic carbocycles. The van der Waals surface area contributed by atoms with Crippen LogP contribution in [0.1, 0.15) is 5.56 Å². The topological polar surface area (TPSA) is 77.5 Å². The lowest BCUT2D eigenvalue weighted by Crippen LogP contribution is -2.40. The minimum atomic E-state index is -1.48. The maximum atomic E-state index is 11.8. The van der Waals surface area contributed by atoms with Crippen LogP contribution in [0.25, 0.3) is 6.08 Å². The highest BCUT2D eigenvalue weighted by molar-refractivity contribution is 8.18. The van der Waals surface area contributed by atoms with Crippen molar-refractivity contribution in [3.05, 3.63) is 39.8 Å². The molecule has 1 aromatic carbocycles. The number of nitrogens with zero attached hydrogens (tertiary/aromatic N) is 1. The maximum Gasteiger partial charge on any atom is 0.293 e. The fourth-order valence-electron chi connectivity index (χ4n) is 1.48. The summed E-state index contributed by atoms with van der Waals surface area (Å²) in [5, 5.41) is 10.4. The molecule has 7 heteroatoms. The van der Waals surface area contributed by atoms with E-state index in [-0.39, 0.29) is 4.91 Å². The van der Waals surface area contributed by atoms with Crippen molar-refractivity contribution in [2.24, 2.45) is 0 Å². The lowest BCUT2D eigenvalue weighted by atomic mass is 10.2. The predicted octanol–water partition coefficient (Wildman–Crippen LogP) is 1.13. The van der Waals surface area contributed by atoms with Crippen LogP contribution in [0.2, 0.25) is 5.02 Å². The SMILES string of the molecule is O=C([O-])CN1C(=O)S/C(=C/c2ccc(Cl)cc2)C1=O. The molecule has 0 spiro atoms. The van der Waals surface area contributed by atoms with Crippen molar-refractivity contribution in [2.45, 2.75) is 0 Å². The van der Waals surface area contributed by atoms with E-state index in [0.717, 1.165) is 0 Å². The monoisotopic (exact) mass is 296 g/mol. The Morgan fingerprint density at radius 1 is 1.32 bits per heavy atom. The van der Waals surface area contributed by atoms with Gasteiger partial charge in [-0.2, -0.15) is 0 Å². The predicted molar refractivity (Wildman–Crippen MR) is 69.1 cm³/mol. The molecule has 1 aliphatic rings. The Labute approximate surface area is 117 Å². The van der Waals surface area contributed by atoms with Gasteiger partial charge in [0.25, 0.3) is 11.1 Å². The highest BCUT2D eigenvalue weighted by Gasteiger charge is 2.34. The number of amides is 2. The van der Waals surface area contributed by atoms with Gasteiger partial charge in [-0.05, 0) is 35.5 Å². The molecule has 0 aromatic heterocycles. The number of rotatable bonds is 3. The van der Waals surface area contributed by atoms with Crippen molar-refractivity contribution in [3.8, 4) is 0 Å². The van der Waals surface area contributed by atoms with E-state index in [4.69, 9.17) is 11.6 Å². The third kappa shape index (κ3) is 3.15. The van der Waals surface area contributed by atoms with E-state index >= 15 is 0 Å². The molecule has 0 saturated carbocycles. The largest absolute Gasteiger partial charge is 0.548 e. The van der Waals surface area contributed by atoms with Gasteiger partial charge in [0.1, 0.15) is 0 Å². The summed E-state index contributed by atoms with van der Waals surface area (Å²) in [5.41, 5.74) is 0.698. The summed E-state index contributed by atoms with van der Waals surface area (Å²) in [6.07, 6.45) is 1.51. The number of aliphatic carboxylic acids is 1.